The number of amides is 2. The fraction of sp³-hybridized carbons (Fsp3) is 0.391. The molecule has 2 aliphatic heterocycles. The lowest BCUT2D eigenvalue weighted by molar-refractivity contribution is -0.163. The van der Waals surface area contributed by atoms with E-state index in [0.29, 0.717) is 11.3 Å². The number of nitrogens with zero attached hydrogens (tertiary/aromatic N) is 1. The molecular formula is C23H22ClF3N2O2. The molecule has 2 amide bonds. The zero-order valence-corrected chi connectivity index (χ0v) is 17.7. The van der Waals surface area contributed by atoms with Crippen molar-refractivity contribution in [3.63, 3.8) is 0 Å². The summed E-state index contributed by atoms with van der Waals surface area (Å²) >= 11 is 6.03. The lowest BCUT2D eigenvalue weighted by atomic mass is 9.98. The highest BCUT2D eigenvalue weighted by Gasteiger charge is 2.51. The molecule has 0 radical (unpaired) electrons. The molecular weight excluding hydrogens is 429 g/mol. The van der Waals surface area contributed by atoms with Crippen molar-refractivity contribution in [2.24, 2.45) is 0 Å². The quantitative estimate of drug-likeness (QED) is 0.652. The van der Waals surface area contributed by atoms with E-state index < -0.39 is 29.1 Å². The van der Waals surface area contributed by atoms with Crippen LogP contribution in [0.5, 0.6) is 0 Å². The van der Waals surface area contributed by atoms with Gasteiger partial charge in [-0.15, -0.1) is 0 Å². The van der Waals surface area contributed by atoms with Crippen LogP contribution in [0.1, 0.15) is 53.6 Å². The predicted molar refractivity (Wildman–Crippen MR) is 112 cm³/mol. The number of aryl methyl sites for hydroxylation is 1. The number of halogens is 4. The predicted octanol–water partition coefficient (Wildman–Crippen LogP) is 5.68. The van der Waals surface area contributed by atoms with Crippen molar-refractivity contribution in [2.45, 2.75) is 57.0 Å². The molecule has 2 atom stereocenters. The number of hydrogen-bond acceptors (Lipinski definition) is 2. The zero-order chi connectivity index (χ0) is 22.3. The monoisotopic (exact) mass is 450 g/mol. The van der Waals surface area contributed by atoms with Gasteiger partial charge in [0.05, 0.1) is 10.6 Å². The Hall–Kier alpha value is -2.54. The summed E-state index contributed by atoms with van der Waals surface area (Å²) in [6.45, 7) is 1.55. The molecule has 2 aromatic rings. The van der Waals surface area contributed by atoms with E-state index in [1.165, 1.54) is 35.2 Å². The Kier molecular flexibility index (Phi) is 5.73. The number of carbonyl (C=O) groups excluding carboxylic acids is 2. The topological polar surface area (TPSA) is 49.4 Å². The van der Waals surface area contributed by atoms with Crippen molar-refractivity contribution in [3.8, 4) is 0 Å². The summed E-state index contributed by atoms with van der Waals surface area (Å²) < 4.78 is 44.0. The van der Waals surface area contributed by atoms with Gasteiger partial charge in [0.2, 0.25) is 0 Å². The summed E-state index contributed by atoms with van der Waals surface area (Å²) in [5, 5.41) is 2.27. The van der Waals surface area contributed by atoms with Crippen LogP contribution >= 0.6 is 11.6 Å². The maximum atomic E-state index is 15.3. The first-order chi connectivity index (χ1) is 14.7. The van der Waals surface area contributed by atoms with Crippen LogP contribution in [0.25, 0.3) is 0 Å². The summed E-state index contributed by atoms with van der Waals surface area (Å²) in [6.07, 6.45) is 3.86. The second-order valence-electron chi connectivity index (χ2n) is 8.22. The minimum absolute atomic E-state index is 0.0736. The van der Waals surface area contributed by atoms with Crippen molar-refractivity contribution < 1.29 is 22.8 Å². The lowest BCUT2D eigenvalue weighted by Crippen LogP contribution is -2.50. The van der Waals surface area contributed by atoms with E-state index >= 15 is 8.78 Å². The van der Waals surface area contributed by atoms with Crippen LogP contribution in [0.15, 0.2) is 36.4 Å². The number of carbonyl (C=O) groups is 2. The van der Waals surface area contributed by atoms with Gasteiger partial charge in [0, 0.05) is 23.3 Å². The highest BCUT2D eigenvalue weighted by Crippen LogP contribution is 2.42. The van der Waals surface area contributed by atoms with Crippen molar-refractivity contribution in [1.82, 2.24) is 4.90 Å². The van der Waals surface area contributed by atoms with Gasteiger partial charge in [0.1, 0.15) is 5.82 Å². The molecule has 4 rings (SSSR count). The first-order valence-electron chi connectivity index (χ1n) is 10.3. The molecule has 2 unspecified atom stereocenters. The minimum atomic E-state index is -3.85. The average Bonchev–Trinajstić information content (AvgIpc) is 2.98. The molecule has 1 N–H and O–H groups in total. The largest absolute Gasteiger partial charge is 0.351 e. The van der Waals surface area contributed by atoms with E-state index in [4.69, 9.17) is 11.6 Å². The second-order valence-corrected chi connectivity index (χ2v) is 8.62. The third-order valence-corrected chi connectivity index (χ3v) is 6.51. The molecule has 0 aliphatic carbocycles. The number of anilines is 1. The summed E-state index contributed by atoms with van der Waals surface area (Å²) in [5.74, 6) is -6.19. The van der Waals surface area contributed by atoms with Crippen molar-refractivity contribution in [3.05, 3.63) is 63.9 Å². The third kappa shape index (κ3) is 4.03. The Morgan fingerprint density at radius 1 is 1.06 bits per heavy atom. The Morgan fingerprint density at radius 2 is 1.74 bits per heavy atom. The van der Waals surface area contributed by atoms with Gasteiger partial charge in [-0.05, 0) is 81.0 Å². The van der Waals surface area contributed by atoms with E-state index in [0.717, 1.165) is 38.2 Å². The molecule has 2 saturated heterocycles. The Morgan fingerprint density at radius 3 is 2.39 bits per heavy atom. The summed E-state index contributed by atoms with van der Waals surface area (Å²) in [4.78, 5) is 26.8. The van der Waals surface area contributed by atoms with Crippen LogP contribution in [0.3, 0.4) is 0 Å². The van der Waals surface area contributed by atoms with E-state index in [1.54, 1.807) is 6.92 Å². The van der Waals surface area contributed by atoms with Gasteiger partial charge in [-0.2, -0.15) is 8.78 Å². The molecule has 2 aliphatic rings. The van der Waals surface area contributed by atoms with Crippen LogP contribution in [0.4, 0.5) is 18.9 Å². The Bertz CT molecular complexity index is 1030. The number of nitrogens with one attached hydrogen (secondary N) is 1. The smallest absolute Gasteiger partial charge is 0.331 e. The van der Waals surface area contributed by atoms with Crippen LogP contribution < -0.4 is 5.32 Å². The van der Waals surface area contributed by atoms with Gasteiger partial charge in [-0.3, -0.25) is 9.59 Å². The maximum Gasteiger partial charge on any atom is 0.351 e. The van der Waals surface area contributed by atoms with Gasteiger partial charge in [0.25, 0.3) is 11.8 Å². The number of benzene rings is 2. The normalized spacial score (nSPS) is 20.6. The summed E-state index contributed by atoms with van der Waals surface area (Å²) in [6, 6.07) is 7.15. The number of hydrogen-bond donors (Lipinski definition) is 1. The van der Waals surface area contributed by atoms with Crippen LogP contribution in [-0.2, 0) is 10.7 Å². The lowest BCUT2D eigenvalue weighted by Gasteiger charge is -2.37. The van der Waals surface area contributed by atoms with Crippen LogP contribution in [-0.4, -0.2) is 28.8 Å². The zero-order valence-electron chi connectivity index (χ0n) is 16.9. The molecule has 4 nitrogen and oxygen atoms in total. The fourth-order valence-corrected chi connectivity index (χ4v) is 4.80. The highest BCUT2D eigenvalue weighted by atomic mass is 35.5. The highest BCUT2D eigenvalue weighted by molar-refractivity contribution is 6.32. The molecule has 31 heavy (non-hydrogen) atoms. The molecule has 164 valence electrons. The first kappa shape index (κ1) is 21.7. The van der Waals surface area contributed by atoms with Gasteiger partial charge in [-0.1, -0.05) is 11.6 Å². The number of rotatable bonds is 4. The van der Waals surface area contributed by atoms with Crippen molar-refractivity contribution in [1.29, 1.82) is 0 Å². The Balaban J connectivity index is 1.60. The van der Waals surface area contributed by atoms with Crippen molar-refractivity contribution in [2.75, 3.05) is 5.32 Å². The molecule has 2 fully saturated rings. The summed E-state index contributed by atoms with van der Waals surface area (Å²) in [7, 11) is 0. The van der Waals surface area contributed by atoms with E-state index in [1.807, 2.05) is 0 Å². The Labute approximate surface area is 183 Å². The minimum Gasteiger partial charge on any atom is -0.331 e. The van der Waals surface area contributed by atoms with Gasteiger partial charge in [0.15, 0.2) is 0 Å². The van der Waals surface area contributed by atoms with Gasteiger partial charge in [-0.25, -0.2) is 4.39 Å². The van der Waals surface area contributed by atoms with Crippen LogP contribution in [0, 0.1) is 12.7 Å². The van der Waals surface area contributed by atoms with Crippen LogP contribution in [0.2, 0.25) is 5.02 Å². The SMILES string of the molecule is Cc1cc(NC(=O)c2ccc(Cl)c(C(F)(F)C(=O)N3C4CCCC3CC4)c2)ccc1F. The molecule has 2 heterocycles. The molecule has 8 heteroatoms. The van der Waals surface area contributed by atoms with Gasteiger partial charge >= 0.3 is 5.92 Å². The third-order valence-electron chi connectivity index (χ3n) is 6.18. The first-order valence-corrected chi connectivity index (χ1v) is 10.6. The van der Waals surface area contributed by atoms with E-state index in [-0.39, 0.29) is 22.7 Å². The van der Waals surface area contributed by atoms with Gasteiger partial charge < -0.3 is 10.2 Å². The maximum absolute atomic E-state index is 15.3. The molecule has 0 aromatic heterocycles. The summed E-state index contributed by atoms with van der Waals surface area (Å²) in [5.41, 5.74) is -0.0986. The molecule has 2 aromatic carbocycles. The number of alkyl halides is 2. The average molecular weight is 451 g/mol. The molecule has 2 bridgehead atoms. The van der Waals surface area contributed by atoms with E-state index in [2.05, 4.69) is 5.32 Å². The fourth-order valence-electron chi connectivity index (χ4n) is 4.56. The molecule has 0 spiro atoms. The second kappa shape index (κ2) is 8.19. The van der Waals surface area contributed by atoms with E-state index in [9.17, 15) is 14.0 Å². The number of piperidine rings is 1. The molecule has 0 saturated carbocycles. The number of fused-ring (bicyclic) bond motifs is 2. The van der Waals surface area contributed by atoms with Crippen molar-refractivity contribution >= 4 is 29.1 Å². The standard InChI is InChI=1S/C23H22ClF3N2O2/c1-13-11-15(6-10-20(13)25)28-21(30)14-5-9-19(24)18(12-14)23(26,27)22(31)29-16-3-2-4-17(29)8-7-16/h5-6,9-12,16-17H,2-4,7-8H2,1H3,(H,28,30).